The van der Waals surface area contributed by atoms with Crippen LogP contribution in [0.15, 0.2) is 18.2 Å². The standard InChI is InChI=1S/C10H11F3N2O3/c11-7-3-8(5-9(4-7)15(16)17)14-1-2-18-6-10(12)13/h3-5,10,14H,1-2,6H2. The molecule has 0 atom stereocenters. The molecule has 1 N–H and O–H groups in total. The van der Waals surface area contributed by atoms with Crippen molar-refractivity contribution in [1.29, 1.82) is 0 Å². The van der Waals surface area contributed by atoms with Crippen LogP contribution >= 0.6 is 0 Å². The lowest BCUT2D eigenvalue weighted by molar-refractivity contribution is -0.385. The molecule has 5 nitrogen and oxygen atoms in total. The van der Waals surface area contributed by atoms with E-state index < -0.39 is 23.8 Å². The topological polar surface area (TPSA) is 64.4 Å². The number of ether oxygens (including phenoxy) is 1. The normalized spacial score (nSPS) is 10.7. The highest BCUT2D eigenvalue weighted by Gasteiger charge is 2.09. The molecule has 0 radical (unpaired) electrons. The fourth-order valence-electron chi connectivity index (χ4n) is 1.22. The average Bonchev–Trinajstić information content (AvgIpc) is 2.27. The predicted molar refractivity (Wildman–Crippen MR) is 58.4 cm³/mol. The van der Waals surface area contributed by atoms with E-state index in [-0.39, 0.29) is 24.5 Å². The molecule has 0 fully saturated rings. The highest BCUT2D eigenvalue weighted by Crippen LogP contribution is 2.19. The lowest BCUT2D eigenvalue weighted by atomic mass is 10.2. The molecule has 1 aromatic carbocycles. The second-order valence-electron chi connectivity index (χ2n) is 3.35. The summed E-state index contributed by atoms with van der Waals surface area (Å²) >= 11 is 0. The number of nitrogens with zero attached hydrogens (tertiary/aromatic N) is 1. The average molecular weight is 264 g/mol. The Labute approximate surface area is 101 Å². The summed E-state index contributed by atoms with van der Waals surface area (Å²) in [6, 6.07) is 3.01. The molecule has 18 heavy (non-hydrogen) atoms. The van der Waals surface area contributed by atoms with Crippen LogP contribution < -0.4 is 5.32 Å². The zero-order valence-corrected chi connectivity index (χ0v) is 9.24. The summed E-state index contributed by atoms with van der Waals surface area (Å²) in [6.45, 7) is -0.535. The van der Waals surface area contributed by atoms with E-state index in [0.29, 0.717) is 0 Å². The molecule has 0 aromatic heterocycles. The van der Waals surface area contributed by atoms with E-state index in [1.54, 1.807) is 0 Å². The van der Waals surface area contributed by atoms with Gasteiger partial charge in [-0.05, 0) is 6.07 Å². The Balaban J connectivity index is 2.44. The van der Waals surface area contributed by atoms with Crippen molar-refractivity contribution in [2.45, 2.75) is 6.43 Å². The van der Waals surface area contributed by atoms with Crippen molar-refractivity contribution in [3.05, 3.63) is 34.1 Å². The number of nitro benzene ring substituents is 1. The van der Waals surface area contributed by atoms with Gasteiger partial charge in [-0.3, -0.25) is 10.1 Å². The Kier molecular flexibility index (Phi) is 5.37. The molecule has 0 saturated heterocycles. The van der Waals surface area contributed by atoms with E-state index in [0.717, 1.165) is 18.2 Å². The molecule has 0 aliphatic heterocycles. The Morgan fingerprint density at radius 3 is 2.72 bits per heavy atom. The lowest BCUT2D eigenvalue weighted by Crippen LogP contribution is -2.13. The molecule has 0 spiro atoms. The SMILES string of the molecule is O=[N+]([O-])c1cc(F)cc(NCCOCC(F)F)c1. The van der Waals surface area contributed by atoms with Crippen LogP contribution in [0.3, 0.4) is 0 Å². The summed E-state index contributed by atoms with van der Waals surface area (Å²) < 4.78 is 41.0. The smallest absolute Gasteiger partial charge is 0.274 e. The molecular weight excluding hydrogens is 253 g/mol. The Bertz CT molecular complexity index is 415. The third-order valence-electron chi connectivity index (χ3n) is 1.91. The second-order valence-corrected chi connectivity index (χ2v) is 3.35. The third kappa shape index (κ3) is 5.00. The van der Waals surface area contributed by atoms with Crippen molar-refractivity contribution in [2.75, 3.05) is 25.1 Å². The summed E-state index contributed by atoms with van der Waals surface area (Å²) in [5, 5.41) is 13.1. The van der Waals surface area contributed by atoms with Crippen LogP contribution in [0, 0.1) is 15.9 Å². The van der Waals surface area contributed by atoms with Gasteiger partial charge < -0.3 is 10.1 Å². The van der Waals surface area contributed by atoms with Crippen molar-refractivity contribution < 1.29 is 22.8 Å². The van der Waals surface area contributed by atoms with E-state index in [1.807, 2.05) is 0 Å². The minimum Gasteiger partial charge on any atom is -0.382 e. The summed E-state index contributed by atoms with van der Waals surface area (Å²) in [5.41, 5.74) is -0.187. The number of hydrogen-bond donors (Lipinski definition) is 1. The van der Waals surface area contributed by atoms with Gasteiger partial charge in [0.2, 0.25) is 0 Å². The first-order chi connectivity index (χ1) is 8.49. The minimum absolute atomic E-state index is 0.00531. The molecule has 100 valence electrons. The zero-order valence-electron chi connectivity index (χ0n) is 9.24. The highest BCUT2D eigenvalue weighted by atomic mass is 19.3. The van der Waals surface area contributed by atoms with Crippen molar-refractivity contribution in [3.8, 4) is 0 Å². The molecule has 0 saturated carbocycles. The van der Waals surface area contributed by atoms with Gasteiger partial charge in [-0.1, -0.05) is 0 Å². The lowest BCUT2D eigenvalue weighted by Gasteiger charge is -2.07. The molecule has 8 heteroatoms. The number of halogens is 3. The van der Waals surface area contributed by atoms with Crippen molar-refractivity contribution in [3.63, 3.8) is 0 Å². The van der Waals surface area contributed by atoms with E-state index >= 15 is 0 Å². The minimum atomic E-state index is -2.54. The van der Waals surface area contributed by atoms with Crippen molar-refractivity contribution in [2.24, 2.45) is 0 Å². The number of alkyl halides is 2. The van der Waals surface area contributed by atoms with Gasteiger partial charge in [0.25, 0.3) is 12.1 Å². The number of non-ortho nitro benzene ring substituents is 1. The Morgan fingerprint density at radius 1 is 1.39 bits per heavy atom. The van der Waals surface area contributed by atoms with Gasteiger partial charge >= 0.3 is 0 Å². The maximum atomic E-state index is 13.0. The number of rotatable bonds is 7. The summed E-state index contributed by atoms with van der Waals surface area (Å²) in [5.74, 6) is -0.750. The molecular formula is C10H11F3N2O3. The number of hydrogen-bond acceptors (Lipinski definition) is 4. The van der Waals surface area contributed by atoms with Crippen LogP contribution in [0.2, 0.25) is 0 Å². The van der Waals surface area contributed by atoms with E-state index in [4.69, 9.17) is 0 Å². The molecule has 0 unspecified atom stereocenters. The van der Waals surface area contributed by atoms with Crippen molar-refractivity contribution >= 4 is 11.4 Å². The first-order valence-corrected chi connectivity index (χ1v) is 5.04. The predicted octanol–water partition coefficient (Wildman–Crippen LogP) is 2.43. The van der Waals surface area contributed by atoms with Gasteiger partial charge in [0.1, 0.15) is 12.4 Å². The number of anilines is 1. The van der Waals surface area contributed by atoms with Gasteiger partial charge in [-0.15, -0.1) is 0 Å². The summed E-state index contributed by atoms with van der Waals surface area (Å²) in [4.78, 5) is 9.74. The van der Waals surface area contributed by atoms with Crippen LogP contribution in [-0.2, 0) is 4.74 Å². The quantitative estimate of drug-likeness (QED) is 0.466. The fourth-order valence-corrected chi connectivity index (χ4v) is 1.22. The fraction of sp³-hybridized carbons (Fsp3) is 0.400. The number of nitrogens with one attached hydrogen (secondary N) is 1. The van der Waals surface area contributed by atoms with E-state index in [9.17, 15) is 23.3 Å². The third-order valence-corrected chi connectivity index (χ3v) is 1.91. The molecule has 0 aliphatic carbocycles. The number of benzene rings is 1. The molecule has 1 aromatic rings. The maximum Gasteiger partial charge on any atom is 0.274 e. The summed E-state index contributed by atoms with van der Waals surface area (Å²) in [6.07, 6.45) is -2.54. The first-order valence-electron chi connectivity index (χ1n) is 5.04. The largest absolute Gasteiger partial charge is 0.382 e. The Hall–Kier alpha value is -1.83. The molecule has 0 amide bonds. The number of nitro groups is 1. The second kappa shape index (κ2) is 6.80. The van der Waals surface area contributed by atoms with Gasteiger partial charge in [-0.2, -0.15) is 0 Å². The summed E-state index contributed by atoms with van der Waals surface area (Å²) in [7, 11) is 0. The molecule has 0 bridgehead atoms. The van der Waals surface area contributed by atoms with Crippen LogP contribution in [0.5, 0.6) is 0 Å². The van der Waals surface area contributed by atoms with Gasteiger partial charge in [0.15, 0.2) is 0 Å². The molecule has 0 aliphatic rings. The van der Waals surface area contributed by atoms with Gasteiger partial charge in [0.05, 0.1) is 17.6 Å². The van der Waals surface area contributed by atoms with Gasteiger partial charge in [0, 0.05) is 18.3 Å². The van der Waals surface area contributed by atoms with E-state index in [1.165, 1.54) is 0 Å². The zero-order chi connectivity index (χ0) is 13.5. The van der Waals surface area contributed by atoms with Crippen LogP contribution in [0.4, 0.5) is 24.5 Å². The van der Waals surface area contributed by atoms with Crippen LogP contribution in [0.25, 0.3) is 0 Å². The molecule has 1 rings (SSSR count). The highest BCUT2D eigenvalue weighted by molar-refractivity contribution is 5.51. The van der Waals surface area contributed by atoms with Crippen molar-refractivity contribution in [1.82, 2.24) is 0 Å². The van der Waals surface area contributed by atoms with Crippen LogP contribution in [-0.4, -0.2) is 31.1 Å². The maximum absolute atomic E-state index is 13.0. The van der Waals surface area contributed by atoms with Gasteiger partial charge in [-0.25, -0.2) is 13.2 Å². The van der Waals surface area contributed by atoms with E-state index in [2.05, 4.69) is 10.1 Å². The van der Waals surface area contributed by atoms with Crippen LogP contribution in [0.1, 0.15) is 0 Å². The molecule has 0 heterocycles. The monoisotopic (exact) mass is 264 g/mol. The Morgan fingerprint density at radius 2 is 2.11 bits per heavy atom. The first kappa shape index (κ1) is 14.2.